The molecule has 2 rings (SSSR count). The van der Waals surface area contributed by atoms with Crippen molar-refractivity contribution in [3.63, 3.8) is 0 Å². The Morgan fingerprint density at radius 3 is 2.64 bits per heavy atom. The molecule has 2 nitrogen and oxygen atoms in total. The van der Waals surface area contributed by atoms with Crippen molar-refractivity contribution < 1.29 is 4.79 Å². The number of carbonyl (C=O) groups excluding carboxylic acids is 1. The molecule has 0 aromatic heterocycles. The number of benzene rings is 1. The summed E-state index contributed by atoms with van der Waals surface area (Å²) in [7, 11) is 0. The number of hydrogen-bond acceptors (Lipinski definition) is 2. The maximum atomic E-state index is 10.5. The summed E-state index contributed by atoms with van der Waals surface area (Å²) in [5, 5.41) is 3.39. The van der Waals surface area contributed by atoms with E-state index in [1.807, 2.05) is 12.1 Å². The lowest BCUT2D eigenvalue weighted by atomic mass is 9.91. The zero-order chi connectivity index (χ0) is 9.80. The van der Waals surface area contributed by atoms with Gasteiger partial charge in [0.05, 0.1) is 0 Å². The van der Waals surface area contributed by atoms with Gasteiger partial charge >= 0.3 is 0 Å². The van der Waals surface area contributed by atoms with E-state index in [1.54, 1.807) is 0 Å². The van der Waals surface area contributed by atoms with Gasteiger partial charge in [-0.25, -0.2) is 0 Å². The van der Waals surface area contributed by atoms with Gasteiger partial charge in [-0.3, -0.25) is 4.79 Å². The molecule has 1 atom stereocenters. The van der Waals surface area contributed by atoms with Crippen LogP contribution in [0, 0.1) is 0 Å². The Morgan fingerprint density at radius 1 is 1.29 bits per heavy atom. The van der Waals surface area contributed by atoms with Gasteiger partial charge in [0.2, 0.25) is 0 Å². The summed E-state index contributed by atoms with van der Waals surface area (Å²) in [4.78, 5) is 10.5. The molecule has 1 heterocycles. The summed E-state index contributed by atoms with van der Waals surface area (Å²) in [6.07, 6.45) is 3.40. The molecule has 0 spiro atoms. The van der Waals surface area contributed by atoms with Crippen LogP contribution < -0.4 is 5.32 Å². The van der Waals surface area contributed by atoms with Crippen molar-refractivity contribution in [2.75, 3.05) is 13.1 Å². The Bertz CT molecular complexity index is 299. The fourth-order valence-electron chi connectivity index (χ4n) is 1.98. The predicted octanol–water partition coefficient (Wildman–Crippen LogP) is 1.97. The summed E-state index contributed by atoms with van der Waals surface area (Å²) in [5.74, 6) is 0.629. The highest BCUT2D eigenvalue weighted by Crippen LogP contribution is 2.22. The molecule has 1 N–H and O–H groups in total. The van der Waals surface area contributed by atoms with E-state index in [0.29, 0.717) is 5.92 Å². The smallest absolute Gasteiger partial charge is 0.150 e. The third-order valence-electron chi connectivity index (χ3n) is 2.84. The van der Waals surface area contributed by atoms with Crippen LogP contribution in [0.4, 0.5) is 0 Å². The van der Waals surface area contributed by atoms with Crippen molar-refractivity contribution in [2.45, 2.75) is 18.8 Å². The summed E-state index contributed by atoms with van der Waals surface area (Å²) >= 11 is 0. The summed E-state index contributed by atoms with van der Waals surface area (Å²) in [6.45, 7) is 2.21. The average molecular weight is 189 g/mol. The number of aldehydes is 1. The predicted molar refractivity (Wildman–Crippen MR) is 56.7 cm³/mol. The van der Waals surface area contributed by atoms with Crippen molar-refractivity contribution in [1.82, 2.24) is 5.32 Å². The highest BCUT2D eigenvalue weighted by molar-refractivity contribution is 5.74. The van der Waals surface area contributed by atoms with Crippen molar-refractivity contribution in [3.8, 4) is 0 Å². The zero-order valence-electron chi connectivity index (χ0n) is 8.20. The number of nitrogens with one attached hydrogen (secondary N) is 1. The number of piperidine rings is 1. The Hall–Kier alpha value is -1.15. The Labute approximate surface area is 84.3 Å². The third-order valence-corrected chi connectivity index (χ3v) is 2.84. The van der Waals surface area contributed by atoms with Crippen LogP contribution >= 0.6 is 0 Å². The molecule has 0 amide bonds. The summed E-state index contributed by atoms with van der Waals surface area (Å²) < 4.78 is 0. The highest BCUT2D eigenvalue weighted by Gasteiger charge is 2.14. The fourth-order valence-corrected chi connectivity index (χ4v) is 1.98. The van der Waals surface area contributed by atoms with E-state index in [-0.39, 0.29) is 0 Å². The first-order valence-corrected chi connectivity index (χ1v) is 5.16. The molecule has 1 aromatic rings. The van der Waals surface area contributed by atoms with E-state index in [4.69, 9.17) is 0 Å². The second kappa shape index (κ2) is 4.38. The van der Waals surface area contributed by atoms with Crippen LogP contribution in [-0.4, -0.2) is 19.4 Å². The Kier molecular flexibility index (Phi) is 2.94. The first-order chi connectivity index (χ1) is 6.90. The van der Waals surface area contributed by atoms with E-state index < -0.39 is 0 Å². The maximum absolute atomic E-state index is 10.5. The van der Waals surface area contributed by atoms with Gasteiger partial charge in [-0.2, -0.15) is 0 Å². The standard InChI is InChI=1S/C12H15NO/c14-9-10-3-5-11(6-4-10)12-2-1-7-13-8-12/h3-6,9,12-13H,1-2,7-8H2. The van der Waals surface area contributed by atoms with E-state index in [9.17, 15) is 4.79 Å². The van der Waals surface area contributed by atoms with Crippen molar-refractivity contribution in [2.24, 2.45) is 0 Å². The van der Waals surface area contributed by atoms with Gasteiger partial charge in [0.1, 0.15) is 6.29 Å². The van der Waals surface area contributed by atoms with Crippen molar-refractivity contribution in [3.05, 3.63) is 35.4 Å². The van der Waals surface area contributed by atoms with Crippen LogP contribution in [0.15, 0.2) is 24.3 Å². The number of rotatable bonds is 2. The largest absolute Gasteiger partial charge is 0.316 e. The molecule has 1 aliphatic heterocycles. The zero-order valence-corrected chi connectivity index (χ0v) is 8.20. The van der Waals surface area contributed by atoms with Crippen molar-refractivity contribution in [1.29, 1.82) is 0 Å². The van der Waals surface area contributed by atoms with Gasteiger partial charge in [-0.1, -0.05) is 24.3 Å². The lowest BCUT2D eigenvalue weighted by molar-refractivity contribution is 0.112. The molecule has 1 aliphatic rings. The van der Waals surface area contributed by atoms with Crippen molar-refractivity contribution >= 4 is 6.29 Å². The molecular formula is C12H15NO. The minimum absolute atomic E-state index is 0.629. The van der Waals surface area contributed by atoms with E-state index in [1.165, 1.54) is 18.4 Å². The van der Waals surface area contributed by atoms with E-state index in [0.717, 1.165) is 24.9 Å². The Balaban J connectivity index is 2.11. The van der Waals surface area contributed by atoms with Crippen LogP contribution in [0.3, 0.4) is 0 Å². The molecule has 74 valence electrons. The molecule has 1 fully saturated rings. The lowest BCUT2D eigenvalue weighted by Gasteiger charge is -2.23. The number of carbonyl (C=O) groups is 1. The SMILES string of the molecule is O=Cc1ccc(C2CCCNC2)cc1. The second-order valence-corrected chi connectivity index (χ2v) is 3.83. The molecule has 14 heavy (non-hydrogen) atoms. The second-order valence-electron chi connectivity index (χ2n) is 3.83. The highest BCUT2D eigenvalue weighted by atomic mass is 16.1. The Morgan fingerprint density at radius 2 is 2.07 bits per heavy atom. The van der Waals surface area contributed by atoms with Gasteiger partial charge in [0.15, 0.2) is 0 Å². The molecule has 0 aliphatic carbocycles. The van der Waals surface area contributed by atoms with Gasteiger partial charge in [0, 0.05) is 12.1 Å². The van der Waals surface area contributed by atoms with Crippen LogP contribution in [0.2, 0.25) is 0 Å². The maximum Gasteiger partial charge on any atom is 0.150 e. The van der Waals surface area contributed by atoms with Gasteiger partial charge in [0.25, 0.3) is 0 Å². The third kappa shape index (κ3) is 2.02. The molecule has 1 unspecified atom stereocenters. The molecule has 1 saturated heterocycles. The minimum Gasteiger partial charge on any atom is -0.316 e. The monoisotopic (exact) mass is 189 g/mol. The first-order valence-electron chi connectivity index (χ1n) is 5.16. The molecule has 1 aromatic carbocycles. The molecule has 0 saturated carbocycles. The van der Waals surface area contributed by atoms with Crippen LogP contribution in [0.5, 0.6) is 0 Å². The fraction of sp³-hybridized carbons (Fsp3) is 0.417. The van der Waals surface area contributed by atoms with Gasteiger partial charge in [-0.05, 0) is 30.9 Å². The first kappa shape index (κ1) is 9.41. The van der Waals surface area contributed by atoms with E-state index >= 15 is 0 Å². The molecule has 0 bridgehead atoms. The molecule has 0 radical (unpaired) electrons. The van der Waals surface area contributed by atoms with Crippen LogP contribution in [0.1, 0.15) is 34.7 Å². The lowest BCUT2D eigenvalue weighted by Crippen LogP contribution is -2.28. The minimum atomic E-state index is 0.629. The topological polar surface area (TPSA) is 29.1 Å². The summed E-state index contributed by atoms with van der Waals surface area (Å²) in [5.41, 5.74) is 2.11. The normalized spacial score (nSPS) is 21.9. The molecule has 2 heteroatoms. The van der Waals surface area contributed by atoms with Gasteiger partial charge in [-0.15, -0.1) is 0 Å². The molecular weight excluding hydrogens is 174 g/mol. The summed E-state index contributed by atoms with van der Waals surface area (Å²) in [6, 6.07) is 7.94. The number of hydrogen-bond donors (Lipinski definition) is 1. The van der Waals surface area contributed by atoms with Crippen LogP contribution in [-0.2, 0) is 0 Å². The van der Waals surface area contributed by atoms with E-state index in [2.05, 4.69) is 17.4 Å². The average Bonchev–Trinajstić information content (AvgIpc) is 2.30. The quantitative estimate of drug-likeness (QED) is 0.721. The van der Waals surface area contributed by atoms with Gasteiger partial charge < -0.3 is 5.32 Å². The van der Waals surface area contributed by atoms with Crippen LogP contribution in [0.25, 0.3) is 0 Å².